The van der Waals surface area contributed by atoms with E-state index in [9.17, 15) is 9.59 Å². The van der Waals surface area contributed by atoms with Gasteiger partial charge in [-0.05, 0) is 50.2 Å². The molecule has 0 bridgehead atoms. The average Bonchev–Trinajstić information content (AvgIpc) is 3.60. The van der Waals surface area contributed by atoms with E-state index in [2.05, 4.69) is 20.5 Å². The van der Waals surface area contributed by atoms with Gasteiger partial charge in [0.2, 0.25) is 11.8 Å². The molecule has 0 saturated carbocycles. The largest absolute Gasteiger partial charge is 0.480 e. The second-order valence-electron chi connectivity index (χ2n) is 8.51. The molecule has 1 N–H and O–H groups in total. The SMILES string of the molecule is CCN1CC[C@H](Oc2cc(Oc3ccc(-c4nnc(C)o4)cc3)cc(C(=O)Nc3nc(C)cs3)c2)C1=O. The maximum atomic E-state index is 13.0. The van der Waals surface area contributed by atoms with Crippen LogP contribution in [0.25, 0.3) is 11.5 Å². The average molecular weight is 520 g/mol. The van der Waals surface area contributed by atoms with E-state index in [0.717, 1.165) is 11.3 Å². The van der Waals surface area contributed by atoms with Gasteiger partial charge in [0.05, 0.1) is 5.69 Å². The van der Waals surface area contributed by atoms with E-state index in [1.54, 1.807) is 54.3 Å². The van der Waals surface area contributed by atoms with Gasteiger partial charge in [0.1, 0.15) is 17.2 Å². The number of hydrogen-bond acceptors (Lipinski definition) is 9. The zero-order chi connectivity index (χ0) is 25.9. The summed E-state index contributed by atoms with van der Waals surface area (Å²) in [6, 6.07) is 12.0. The molecule has 3 heterocycles. The van der Waals surface area contributed by atoms with Crippen molar-refractivity contribution in [1.29, 1.82) is 0 Å². The highest BCUT2D eigenvalue weighted by Crippen LogP contribution is 2.31. The van der Waals surface area contributed by atoms with Crippen molar-refractivity contribution >= 4 is 28.3 Å². The molecule has 2 aromatic carbocycles. The third-order valence-electron chi connectivity index (χ3n) is 5.75. The van der Waals surface area contributed by atoms with Gasteiger partial charge in [-0.1, -0.05) is 0 Å². The third kappa shape index (κ3) is 5.61. The topological polar surface area (TPSA) is 120 Å². The molecule has 2 aromatic heterocycles. The van der Waals surface area contributed by atoms with Crippen molar-refractivity contribution in [2.75, 3.05) is 18.4 Å². The molecule has 1 atom stereocenters. The van der Waals surface area contributed by atoms with Gasteiger partial charge in [-0.25, -0.2) is 4.98 Å². The fourth-order valence-corrected chi connectivity index (χ4v) is 4.61. The number of ether oxygens (including phenoxy) is 2. The van der Waals surface area contributed by atoms with Crippen LogP contribution < -0.4 is 14.8 Å². The van der Waals surface area contributed by atoms with Crippen LogP contribution in [0.15, 0.2) is 52.3 Å². The number of rotatable bonds is 8. The molecular formula is C26H25N5O5S. The first-order chi connectivity index (χ1) is 17.9. The van der Waals surface area contributed by atoms with Crippen LogP contribution >= 0.6 is 11.3 Å². The number of carbonyl (C=O) groups is 2. The summed E-state index contributed by atoms with van der Waals surface area (Å²) in [5, 5.41) is 13.0. The smallest absolute Gasteiger partial charge is 0.263 e. The van der Waals surface area contributed by atoms with Gasteiger partial charge >= 0.3 is 0 Å². The number of aryl methyl sites for hydroxylation is 2. The highest BCUT2D eigenvalue weighted by atomic mass is 32.1. The predicted octanol–water partition coefficient (Wildman–Crippen LogP) is 4.85. The van der Waals surface area contributed by atoms with E-state index in [4.69, 9.17) is 13.9 Å². The maximum Gasteiger partial charge on any atom is 0.263 e. The molecule has 1 aliphatic heterocycles. The van der Waals surface area contributed by atoms with E-state index in [1.165, 1.54) is 11.3 Å². The molecular weight excluding hydrogens is 494 g/mol. The molecule has 0 unspecified atom stereocenters. The Morgan fingerprint density at radius 2 is 1.92 bits per heavy atom. The molecule has 190 valence electrons. The van der Waals surface area contributed by atoms with Gasteiger partial charge in [0.15, 0.2) is 11.2 Å². The molecule has 1 saturated heterocycles. The summed E-state index contributed by atoms with van der Waals surface area (Å²) in [6.07, 6.45) is -0.0289. The minimum absolute atomic E-state index is 0.0649. The minimum Gasteiger partial charge on any atom is -0.480 e. The Morgan fingerprint density at radius 1 is 1.14 bits per heavy atom. The van der Waals surface area contributed by atoms with Gasteiger partial charge in [-0.15, -0.1) is 21.5 Å². The lowest BCUT2D eigenvalue weighted by Crippen LogP contribution is -2.32. The lowest BCUT2D eigenvalue weighted by molar-refractivity contribution is -0.133. The van der Waals surface area contributed by atoms with Crippen LogP contribution in [0.4, 0.5) is 5.13 Å². The van der Waals surface area contributed by atoms with Crippen molar-refractivity contribution in [1.82, 2.24) is 20.1 Å². The van der Waals surface area contributed by atoms with Gasteiger partial charge in [-0.2, -0.15) is 0 Å². The van der Waals surface area contributed by atoms with Crippen molar-refractivity contribution in [2.24, 2.45) is 0 Å². The number of nitrogens with zero attached hydrogens (tertiary/aromatic N) is 4. The lowest BCUT2D eigenvalue weighted by Gasteiger charge is -2.16. The number of carbonyl (C=O) groups excluding carboxylic acids is 2. The maximum absolute atomic E-state index is 13.0. The predicted molar refractivity (Wildman–Crippen MR) is 137 cm³/mol. The van der Waals surface area contributed by atoms with E-state index in [1.807, 2.05) is 19.2 Å². The molecule has 5 rings (SSSR count). The number of aromatic nitrogens is 3. The summed E-state index contributed by atoms with van der Waals surface area (Å²) >= 11 is 1.34. The van der Waals surface area contributed by atoms with Crippen LogP contribution in [-0.4, -0.2) is 51.1 Å². The Labute approximate surface area is 217 Å². The molecule has 4 aromatic rings. The van der Waals surface area contributed by atoms with E-state index < -0.39 is 6.10 Å². The fraction of sp³-hybridized carbons (Fsp3) is 0.269. The van der Waals surface area contributed by atoms with Crippen LogP contribution in [0, 0.1) is 13.8 Å². The quantitative estimate of drug-likeness (QED) is 0.351. The number of likely N-dealkylation sites (tertiary alicyclic amines) is 1. The van der Waals surface area contributed by atoms with Crippen molar-refractivity contribution in [2.45, 2.75) is 33.3 Å². The Hall–Kier alpha value is -4.25. The Balaban J connectivity index is 1.39. The highest BCUT2D eigenvalue weighted by Gasteiger charge is 2.32. The molecule has 1 aliphatic rings. The summed E-state index contributed by atoms with van der Waals surface area (Å²) < 4.78 is 17.6. The van der Waals surface area contributed by atoms with Gasteiger partial charge in [-0.3, -0.25) is 14.9 Å². The zero-order valence-corrected chi connectivity index (χ0v) is 21.4. The highest BCUT2D eigenvalue weighted by molar-refractivity contribution is 7.13. The van der Waals surface area contributed by atoms with Gasteiger partial charge in [0.25, 0.3) is 11.8 Å². The summed E-state index contributed by atoms with van der Waals surface area (Å²) in [5.41, 5.74) is 1.89. The summed E-state index contributed by atoms with van der Waals surface area (Å²) in [5.74, 6) is 1.76. The number of likely N-dealkylation sites (N-methyl/N-ethyl adjacent to an activating group) is 1. The second kappa shape index (κ2) is 10.4. The normalized spacial score (nSPS) is 15.2. The summed E-state index contributed by atoms with van der Waals surface area (Å²) in [7, 11) is 0. The van der Waals surface area contributed by atoms with E-state index in [-0.39, 0.29) is 11.8 Å². The monoisotopic (exact) mass is 519 g/mol. The molecule has 10 nitrogen and oxygen atoms in total. The molecule has 0 radical (unpaired) electrons. The minimum atomic E-state index is -0.607. The Bertz CT molecular complexity index is 1430. The lowest BCUT2D eigenvalue weighted by atomic mass is 10.1. The van der Waals surface area contributed by atoms with Crippen LogP contribution in [0.3, 0.4) is 0 Å². The van der Waals surface area contributed by atoms with Crippen LogP contribution in [0.5, 0.6) is 17.2 Å². The number of nitrogens with one attached hydrogen (secondary N) is 1. The molecule has 0 aliphatic carbocycles. The van der Waals surface area contributed by atoms with Gasteiger partial charge in [0, 0.05) is 49.0 Å². The Morgan fingerprint density at radius 3 is 2.57 bits per heavy atom. The first kappa shape index (κ1) is 24.4. The first-order valence-electron chi connectivity index (χ1n) is 11.8. The summed E-state index contributed by atoms with van der Waals surface area (Å²) in [6.45, 7) is 6.78. The van der Waals surface area contributed by atoms with Crippen molar-refractivity contribution in [3.8, 4) is 28.7 Å². The number of anilines is 1. The van der Waals surface area contributed by atoms with Crippen LogP contribution in [-0.2, 0) is 4.79 Å². The second-order valence-corrected chi connectivity index (χ2v) is 9.37. The van der Waals surface area contributed by atoms with Crippen molar-refractivity contribution < 1.29 is 23.5 Å². The summed E-state index contributed by atoms with van der Waals surface area (Å²) in [4.78, 5) is 31.7. The number of thiazole rings is 1. The van der Waals surface area contributed by atoms with Crippen molar-refractivity contribution in [3.63, 3.8) is 0 Å². The number of hydrogen-bond donors (Lipinski definition) is 1. The molecule has 37 heavy (non-hydrogen) atoms. The molecule has 0 spiro atoms. The number of amides is 2. The molecule has 2 amide bonds. The molecule has 1 fully saturated rings. The van der Waals surface area contributed by atoms with E-state index >= 15 is 0 Å². The van der Waals surface area contributed by atoms with Crippen LogP contribution in [0.2, 0.25) is 0 Å². The number of benzene rings is 2. The zero-order valence-electron chi connectivity index (χ0n) is 20.6. The first-order valence-corrected chi connectivity index (χ1v) is 12.7. The van der Waals surface area contributed by atoms with Gasteiger partial charge < -0.3 is 18.8 Å². The Kier molecular flexibility index (Phi) is 6.87. The fourth-order valence-electron chi connectivity index (χ4n) is 3.92. The standard InChI is InChI=1S/C26H25N5O5S/c1-4-31-10-9-22(25(31)33)36-21-12-18(23(32)28-26-27-15(2)14-37-26)11-20(13-21)35-19-7-5-17(6-8-19)24-30-29-16(3)34-24/h5-8,11-14,22H,4,9-10H2,1-3H3,(H,27,28,32)/t22-/m0/s1. The van der Waals surface area contributed by atoms with Crippen LogP contribution in [0.1, 0.15) is 35.3 Å². The van der Waals surface area contributed by atoms with E-state index in [0.29, 0.717) is 59.2 Å². The molecule has 11 heteroatoms. The van der Waals surface area contributed by atoms with Crippen molar-refractivity contribution in [3.05, 3.63) is 65.0 Å². The third-order valence-corrected chi connectivity index (χ3v) is 6.63.